The van der Waals surface area contributed by atoms with Gasteiger partial charge in [0.05, 0.1) is 0 Å². The number of unbranched alkanes of at least 4 members (excludes halogenated alkanes) is 10. The summed E-state index contributed by atoms with van der Waals surface area (Å²) < 4.78 is 0. The van der Waals surface area contributed by atoms with Crippen LogP contribution in [0.4, 0.5) is 0 Å². The zero-order valence-corrected chi connectivity index (χ0v) is 14.2. The maximum atomic E-state index is 2.30. The fourth-order valence-corrected chi connectivity index (χ4v) is 2.26. The fraction of sp³-hybridized carbons (Fsp3) is 0.789. The molecule has 0 saturated carbocycles. The summed E-state index contributed by atoms with van der Waals surface area (Å²) in [4.78, 5) is 2.18. The van der Waals surface area contributed by atoms with Crippen molar-refractivity contribution in [1.82, 2.24) is 4.90 Å². The Balaban J connectivity index is 3.39. The van der Waals surface area contributed by atoms with Crippen molar-refractivity contribution in [1.29, 1.82) is 0 Å². The Bertz CT molecular complexity index is 206. The van der Waals surface area contributed by atoms with Crippen molar-refractivity contribution in [3.63, 3.8) is 0 Å². The minimum absolute atomic E-state index is 1.22. The molecule has 0 N–H and O–H groups in total. The van der Waals surface area contributed by atoms with E-state index >= 15 is 0 Å². The molecule has 118 valence electrons. The summed E-state index contributed by atoms with van der Waals surface area (Å²) in [5.41, 5.74) is 0. The van der Waals surface area contributed by atoms with Crippen molar-refractivity contribution in [2.75, 3.05) is 7.05 Å². The molecule has 0 spiro atoms. The Morgan fingerprint density at radius 1 is 0.600 bits per heavy atom. The molecule has 0 bridgehead atoms. The van der Waals surface area contributed by atoms with Crippen LogP contribution >= 0.6 is 0 Å². The summed E-state index contributed by atoms with van der Waals surface area (Å²) in [7, 11) is 2.13. The second-order valence-corrected chi connectivity index (χ2v) is 5.84. The third-order valence-electron chi connectivity index (χ3n) is 3.63. The molecular formula is C19H37N. The van der Waals surface area contributed by atoms with Gasteiger partial charge in [-0.2, -0.15) is 0 Å². The summed E-state index contributed by atoms with van der Waals surface area (Å²) >= 11 is 0. The first-order chi connectivity index (χ1) is 9.81. The Labute approximate surface area is 128 Å². The topological polar surface area (TPSA) is 3.24 Å². The van der Waals surface area contributed by atoms with Gasteiger partial charge in [-0.25, -0.2) is 0 Å². The second kappa shape index (κ2) is 16.3. The van der Waals surface area contributed by atoms with E-state index in [0.717, 1.165) is 0 Å². The molecule has 0 aliphatic carbocycles. The van der Waals surface area contributed by atoms with E-state index in [9.17, 15) is 0 Å². The van der Waals surface area contributed by atoms with Gasteiger partial charge < -0.3 is 4.90 Å². The first-order valence-electron chi connectivity index (χ1n) is 8.86. The van der Waals surface area contributed by atoms with Gasteiger partial charge in [0.25, 0.3) is 0 Å². The van der Waals surface area contributed by atoms with E-state index in [4.69, 9.17) is 0 Å². The lowest BCUT2D eigenvalue weighted by Crippen LogP contribution is -1.99. The molecule has 0 aliphatic rings. The van der Waals surface area contributed by atoms with Crippen LogP contribution in [0.3, 0.4) is 0 Å². The SMILES string of the molecule is CCCCCCC/C=C/N(C)/C=C/CCCCCCC. The first-order valence-corrected chi connectivity index (χ1v) is 8.86. The van der Waals surface area contributed by atoms with Crippen LogP contribution in [0.5, 0.6) is 0 Å². The van der Waals surface area contributed by atoms with Gasteiger partial charge in [0.1, 0.15) is 0 Å². The molecule has 0 aliphatic heterocycles. The Kier molecular flexibility index (Phi) is 15.7. The molecule has 0 fully saturated rings. The van der Waals surface area contributed by atoms with E-state index in [1.807, 2.05) is 0 Å². The first kappa shape index (κ1) is 19.3. The maximum Gasteiger partial charge on any atom is 0.0106 e. The van der Waals surface area contributed by atoms with Gasteiger partial charge in [0.2, 0.25) is 0 Å². The molecule has 20 heavy (non-hydrogen) atoms. The average molecular weight is 280 g/mol. The number of allylic oxidation sites excluding steroid dienone is 2. The lowest BCUT2D eigenvalue weighted by atomic mass is 10.1. The van der Waals surface area contributed by atoms with E-state index in [1.54, 1.807) is 0 Å². The zero-order valence-electron chi connectivity index (χ0n) is 14.2. The molecule has 0 rings (SSSR count). The summed E-state index contributed by atoms with van der Waals surface area (Å²) in [6.07, 6.45) is 25.2. The van der Waals surface area contributed by atoms with Crippen molar-refractivity contribution < 1.29 is 0 Å². The van der Waals surface area contributed by atoms with Gasteiger partial charge in [-0.1, -0.05) is 77.4 Å². The summed E-state index contributed by atoms with van der Waals surface area (Å²) in [6.45, 7) is 4.54. The highest BCUT2D eigenvalue weighted by atomic mass is 15.0. The predicted molar refractivity (Wildman–Crippen MR) is 92.8 cm³/mol. The van der Waals surface area contributed by atoms with Crippen LogP contribution in [-0.2, 0) is 0 Å². The Morgan fingerprint density at radius 2 is 1.00 bits per heavy atom. The van der Waals surface area contributed by atoms with Crippen LogP contribution < -0.4 is 0 Å². The molecule has 0 aromatic rings. The quantitative estimate of drug-likeness (QED) is 0.321. The van der Waals surface area contributed by atoms with Crippen molar-refractivity contribution in [2.45, 2.75) is 90.9 Å². The minimum atomic E-state index is 1.22. The van der Waals surface area contributed by atoms with Gasteiger partial charge in [-0.15, -0.1) is 0 Å². The van der Waals surface area contributed by atoms with E-state index in [2.05, 4.69) is 50.3 Å². The largest absolute Gasteiger partial charge is 0.358 e. The smallest absolute Gasteiger partial charge is 0.0106 e. The molecule has 0 amide bonds. The van der Waals surface area contributed by atoms with E-state index in [-0.39, 0.29) is 0 Å². The Hall–Kier alpha value is -0.720. The fourth-order valence-electron chi connectivity index (χ4n) is 2.26. The average Bonchev–Trinajstić information content (AvgIpc) is 2.45. The van der Waals surface area contributed by atoms with Crippen LogP contribution in [0.15, 0.2) is 24.6 Å². The van der Waals surface area contributed by atoms with E-state index in [1.165, 1.54) is 77.0 Å². The maximum absolute atomic E-state index is 2.30. The van der Waals surface area contributed by atoms with Gasteiger partial charge >= 0.3 is 0 Å². The van der Waals surface area contributed by atoms with Gasteiger partial charge in [-0.3, -0.25) is 0 Å². The molecular weight excluding hydrogens is 242 g/mol. The summed E-state index contributed by atoms with van der Waals surface area (Å²) in [5.74, 6) is 0. The molecule has 0 aromatic carbocycles. The normalized spacial score (nSPS) is 11.8. The lowest BCUT2D eigenvalue weighted by molar-refractivity contribution is 0.602. The molecule has 1 nitrogen and oxygen atoms in total. The van der Waals surface area contributed by atoms with E-state index < -0.39 is 0 Å². The number of hydrogen-bond donors (Lipinski definition) is 0. The zero-order chi connectivity index (χ0) is 14.9. The van der Waals surface area contributed by atoms with E-state index in [0.29, 0.717) is 0 Å². The molecule has 0 aromatic heterocycles. The van der Waals surface area contributed by atoms with Crippen molar-refractivity contribution in [3.05, 3.63) is 24.6 Å². The summed E-state index contributed by atoms with van der Waals surface area (Å²) in [5, 5.41) is 0. The number of nitrogens with zero attached hydrogens (tertiary/aromatic N) is 1. The molecule has 1 heteroatoms. The number of hydrogen-bond acceptors (Lipinski definition) is 1. The van der Waals surface area contributed by atoms with Crippen LogP contribution in [0.25, 0.3) is 0 Å². The third kappa shape index (κ3) is 15.3. The highest BCUT2D eigenvalue weighted by Gasteiger charge is 1.88. The van der Waals surface area contributed by atoms with Crippen LogP contribution in [0.2, 0.25) is 0 Å². The van der Waals surface area contributed by atoms with Crippen molar-refractivity contribution >= 4 is 0 Å². The van der Waals surface area contributed by atoms with Gasteiger partial charge in [0.15, 0.2) is 0 Å². The molecule has 0 unspecified atom stereocenters. The molecule has 0 saturated heterocycles. The van der Waals surface area contributed by atoms with Crippen LogP contribution in [-0.4, -0.2) is 11.9 Å². The highest BCUT2D eigenvalue weighted by Crippen LogP contribution is 2.07. The highest BCUT2D eigenvalue weighted by molar-refractivity contribution is 4.90. The third-order valence-corrected chi connectivity index (χ3v) is 3.63. The standard InChI is InChI=1S/C19H37N/c1-4-6-8-10-12-14-16-18-20(3)19-17-15-13-11-9-7-5-2/h16-19H,4-15H2,1-3H3/b18-16+,19-17+. The molecule has 0 atom stereocenters. The minimum Gasteiger partial charge on any atom is -0.358 e. The molecule has 0 heterocycles. The summed E-state index contributed by atoms with van der Waals surface area (Å²) in [6, 6.07) is 0. The molecule has 0 radical (unpaired) electrons. The van der Waals surface area contributed by atoms with Crippen LogP contribution in [0, 0.1) is 0 Å². The second-order valence-electron chi connectivity index (χ2n) is 5.84. The number of rotatable bonds is 14. The van der Waals surface area contributed by atoms with Crippen LogP contribution in [0.1, 0.15) is 90.9 Å². The van der Waals surface area contributed by atoms with Crippen molar-refractivity contribution in [3.8, 4) is 0 Å². The van der Waals surface area contributed by atoms with Gasteiger partial charge in [-0.05, 0) is 38.1 Å². The lowest BCUT2D eigenvalue weighted by Gasteiger charge is -2.06. The monoisotopic (exact) mass is 279 g/mol. The predicted octanol–water partition coefficient (Wildman–Crippen LogP) is 6.67. The Morgan fingerprint density at radius 3 is 1.40 bits per heavy atom. The van der Waals surface area contributed by atoms with Gasteiger partial charge in [0, 0.05) is 7.05 Å². The van der Waals surface area contributed by atoms with Crippen molar-refractivity contribution in [2.24, 2.45) is 0 Å².